The highest BCUT2D eigenvalue weighted by molar-refractivity contribution is 6.53. The van der Waals surface area contributed by atoms with Crippen molar-refractivity contribution in [1.82, 2.24) is 0 Å². The predicted molar refractivity (Wildman–Crippen MR) is 66.0 cm³/mol. The summed E-state index contributed by atoms with van der Waals surface area (Å²) in [4.78, 5) is 0. The molecule has 0 radical (unpaired) electrons. The summed E-state index contributed by atoms with van der Waals surface area (Å²) in [6, 6.07) is 0. The molecule has 0 N–H and O–H groups in total. The normalized spacial score (nSPS) is 12.8. The highest BCUT2D eigenvalue weighted by Crippen LogP contribution is 2.21. The van der Waals surface area contributed by atoms with Gasteiger partial charge in [0.2, 0.25) is 0 Å². The van der Waals surface area contributed by atoms with E-state index in [1.54, 1.807) is 6.08 Å². The first-order chi connectivity index (χ1) is 7.45. The van der Waals surface area contributed by atoms with E-state index in [-0.39, 0.29) is 0 Å². The van der Waals surface area contributed by atoms with Crippen molar-refractivity contribution in [3.63, 3.8) is 0 Å². The van der Waals surface area contributed by atoms with Gasteiger partial charge in [0, 0.05) is 19.8 Å². The second kappa shape index (κ2) is 7.19. The molecule has 4 nitrogen and oxygen atoms in total. The van der Waals surface area contributed by atoms with Gasteiger partial charge in [-0.25, -0.2) is 0 Å². The van der Waals surface area contributed by atoms with Gasteiger partial charge in [-0.2, -0.15) is 0 Å². The summed E-state index contributed by atoms with van der Waals surface area (Å²) in [6.07, 6.45) is 1.71. The number of hydrogen-bond donors (Lipinski definition) is 0. The van der Waals surface area contributed by atoms with Crippen LogP contribution in [0.2, 0.25) is 0 Å². The minimum Gasteiger partial charge on any atom is -0.351 e. The maximum Gasteiger partial charge on any atom is 0.680 e. The van der Waals surface area contributed by atoms with E-state index in [2.05, 4.69) is 6.58 Å². The van der Waals surface area contributed by atoms with Crippen molar-refractivity contribution in [2.75, 3.05) is 19.8 Å². The largest absolute Gasteiger partial charge is 0.680 e. The van der Waals surface area contributed by atoms with E-state index >= 15 is 0 Å². The Hall–Kier alpha value is -0.203. The Kier molecular flexibility index (Phi) is 7.10. The summed E-state index contributed by atoms with van der Waals surface area (Å²) in [5.74, 6) is 0. The summed E-state index contributed by atoms with van der Waals surface area (Å²) in [5, 5.41) is 0. The average Bonchev–Trinajstić information content (AvgIpc) is 2.18. The van der Waals surface area contributed by atoms with Gasteiger partial charge in [0.05, 0.1) is 5.60 Å². The molecule has 0 saturated carbocycles. The Morgan fingerprint density at radius 1 is 1.00 bits per heavy atom. The standard InChI is InChI=1S/C11H24O4Si/c1-7-11(5,6)15-16(12-8-2,13-9-3)14-10-4/h7H,1,8-10H2,2-6H3. The first-order valence-electron chi connectivity index (χ1n) is 5.70. The average molecular weight is 248 g/mol. The molecule has 96 valence electrons. The predicted octanol–water partition coefficient (Wildman–Crippen LogP) is 2.51. The Balaban J connectivity index is 4.77. The van der Waals surface area contributed by atoms with Crippen LogP contribution in [0.1, 0.15) is 34.6 Å². The fraction of sp³-hybridized carbons (Fsp3) is 0.818. The Morgan fingerprint density at radius 2 is 1.38 bits per heavy atom. The molecule has 0 fully saturated rings. The number of hydrogen-bond acceptors (Lipinski definition) is 4. The molecular formula is C11H24O4Si. The molecule has 0 aromatic carbocycles. The summed E-state index contributed by atoms with van der Waals surface area (Å²) in [7, 11) is -3.02. The molecule has 0 rings (SSSR count). The minimum atomic E-state index is -3.02. The molecule has 0 aliphatic carbocycles. The molecule has 0 saturated heterocycles. The molecule has 0 heterocycles. The molecule has 0 unspecified atom stereocenters. The van der Waals surface area contributed by atoms with Crippen LogP contribution in [0.15, 0.2) is 12.7 Å². The minimum absolute atomic E-state index is 0.499. The molecule has 0 spiro atoms. The molecule has 0 amide bonds. The van der Waals surface area contributed by atoms with Crippen molar-refractivity contribution in [3.05, 3.63) is 12.7 Å². The van der Waals surface area contributed by atoms with Crippen LogP contribution in [0.4, 0.5) is 0 Å². The van der Waals surface area contributed by atoms with E-state index in [1.165, 1.54) is 0 Å². The van der Waals surface area contributed by atoms with Gasteiger partial charge in [-0.05, 0) is 34.6 Å². The van der Waals surface area contributed by atoms with Crippen molar-refractivity contribution < 1.29 is 17.7 Å². The Morgan fingerprint density at radius 3 is 1.62 bits per heavy atom. The van der Waals surface area contributed by atoms with E-state index in [4.69, 9.17) is 17.7 Å². The van der Waals surface area contributed by atoms with E-state index in [1.807, 2.05) is 34.6 Å². The van der Waals surface area contributed by atoms with Crippen LogP contribution < -0.4 is 0 Å². The Labute approximate surface area is 100 Å². The van der Waals surface area contributed by atoms with E-state index in [0.717, 1.165) is 0 Å². The van der Waals surface area contributed by atoms with Gasteiger partial charge in [0.1, 0.15) is 0 Å². The van der Waals surface area contributed by atoms with Crippen LogP contribution in [0.5, 0.6) is 0 Å². The zero-order chi connectivity index (χ0) is 12.7. The fourth-order valence-corrected chi connectivity index (χ4v) is 3.32. The van der Waals surface area contributed by atoms with Crippen LogP contribution in [0.3, 0.4) is 0 Å². The van der Waals surface area contributed by atoms with E-state index < -0.39 is 14.6 Å². The molecule has 0 atom stereocenters. The molecule has 0 bridgehead atoms. The van der Waals surface area contributed by atoms with Gasteiger partial charge >= 0.3 is 9.05 Å². The third kappa shape index (κ3) is 5.22. The topological polar surface area (TPSA) is 36.9 Å². The van der Waals surface area contributed by atoms with Crippen LogP contribution in [-0.2, 0) is 17.7 Å². The molecule has 5 heteroatoms. The lowest BCUT2D eigenvalue weighted by molar-refractivity contribution is -0.0627. The quantitative estimate of drug-likeness (QED) is 0.464. The lowest BCUT2D eigenvalue weighted by Crippen LogP contribution is -2.53. The third-order valence-corrected chi connectivity index (χ3v) is 4.55. The van der Waals surface area contributed by atoms with Crippen molar-refractivity contribution >= 4 is 9.05 Å². The van der Waals surface area contributed by atoms with Gasteiger partial charge in [0.15, 0.2) is 0 Å². The van der Waals surface area contributed by atoms with Crippen molar-refractivity contribution in [1.29, 1.82) is 0 Å². The first kappa shape index (κ1) is 15.8. The van der Waals surface area contributed by atoms with Gasteiger partial charge in [0.25, 0.3) is 0 Å². The van der Waals surface area contributed by atoms with Crippen LogP contribution in [-0.4, -0.2) is 34.5 Å². The highest BCUT2D eigenvalue weighted by atomic mass is 28.4. The van der Waals surface area contributed by atoms with Gasteiger partial charge < -0.3 is 17.7 Å². The monoisotopic (exact) mass is 248 g/mol. The first-order valence-corrected chi connectivity index (χ1v) is 7.34. The lowest BCUT2D eigenvalue weighted by atomic mass is 10.1. The van der Waals surface area contributed by atoms with Crippen LogP contribution in [0, 0.1) is 0 Å². The molecular weight excluding hydrogens is 224 g/mol. The smallest absolute Gasteiger partial charge is 0.351 e. The molecule has 0 aromatic heterocycles. The lowest BCUT2D eigenvalue weighted by Gasteiger charge is -2.33. The van der Waals surface area contributed by atoms with Gasteiger partial charge in [-0.3, -0.25) is 0 Å². The van der Waals surface area contributed by atoms with Gasteiger partial charge in [-0.1, -0.05) is 6.08 Å². The van der Waals surface area contributed by atoms with E-state index in [0.29, 0.717) is 19.8 Å². The molecule has 0 aliphatic heterocycles. The SMILES string of the molecule is C=CC(C)(C)O[Si](OCC)(OCC)OCC. The maximum atomic E-state index is 5.85. The highest BCUT2D eigenvalue weighted by Gasteiger charge is 2.48. The van der Waals surface area contributed by atoms with E-state index in [9.17, 15) is 0 Å². The summed E-state index contributed by atoms with van der Waals surface area (Å²) >= 11 is 0. The van der Waals surface area contributed by atoms with Crippen molar-refractivity contribution in [2.24, 2.45) is 0 Å². The maximum absolute atomic E-state index is 5.85. The third-order valence-electron chi connectivity index (χ3n) is 1.84. The summed E-state index contributed by atoms with van der Waals surface area (Å²) < 4.78 is 22.6. The van der Waals surface area contributed by atoms with Gasteiger partial charge in [-0.15, -0.1) is 6.58 Å². The van der Waals surface area contributed by atoms with Crippen molar-refractivity contribution in [3.8, 4) is 0 Å². The number of rotatable bonds is 9. The zero-order valence-electron chi connectivity index (χ0n) is 11.0. The molecule has 0 aromatic rings. The van der Waals surface area contributed by atoms with Crippen LogP contribution >= 0.6 is 0 Å². The Bertz CT molecular complexity index is 189. The summed E-state index contributed by atoms with van der Waals surface area (Å²) in [5.41, 5.74) is -0.522. The molecule has 0 aliphatic rings. The fourth-order valence-electron chi connectivity index (χ4n) is 1.11. The summed E-state index contributed by atoms with van der Waals surface area (Å²) in [6.45, 7) is 14.7. The van der Waals surface area contributed by atoms with Crippen molar-refractivity contribution in [2.45, 2.75) is 40.2 Å². The zero-order valence-corrected chi connectivity index (χ0v) is 12.0. The second-order valence-corrected chi connectivity index (χ2v) is 5.78. The van der Waals surface area contributed by atoms with Crippen LogP contribution in [0.25, 0.3) is 0 Å². The molecule has 16 heavy (non-hydrogen) atoms. The second-order valence-electron chi connectivity index (χ2n) is 3.71.